The molecule has 0 bridgehead atoms. The second-order valence-electron chi connectivity index (χ2n) is 8.81. The van der Waals surface area contributed by atoms with Crippen LogP contribution in [-0.2, 0) is 0 Å². The van der Waals surface area contributed by atoms with Crippen molar-refractivity contribution in [2.45, 2.75) is 67.2 Å². The van der Waals surface area contributed by atoms with Gasteiger partial charge in [-0.2, -0.15) is 0 Å². The first-order chi connectivity index (χ1) is 12.1. The molecule has 0 radical (unpaired) electrons. The van der Waals surface area contributed by atoms with Crippen LogP contribution in [0, 0.1) is 11.3 Å². The lowest BCUT2D eigenvalue weighted by Gasteiger charge is -2.20. The summed E-state index contributed by atoms with van der Waals surface area (Å²) in [6.07, 6.45) is 6.27. The molecule has 1 unspecified atom stereocenters. The second kappa shape index (κ2) is 8.16. The molecule has 2 heteroatoms. The molecule has 1 aromatic rings. The van der Waals surface area contributed by atoms with Gasteiger partial charge >= 0.3 is 0 Å². The van der Waals surface area contributed by atoms with Gasteiger partial charge in [-0.3, -0.25) is 9.59 Å². The first kappa shape index (κ1) is 20.4. The standard InChI is InChI=1S/C24H32O2/c1-16(10-9-15-24(4,5)6)17(2)13-14-19-18(3)22(25)20-11-7-8-12-21(20)23(19)26/h7-8,11-13,16H,9-10,14-15H2,1-6H3/b17-13+. The van der Waals surface area contributed by atoms with Crippen LogP contribution in [0.4, 0.5) is 0 Å². The summed E-state index contributed by atoms with van der Waals surface area (Å²) in [7, 11) is 0. The first-order valence-electron chi connectivity index (χ1n) is 9.66. The maximum Gasteiger partial charge on any atom is 0.190 e. The summed E-state index contributed by atoms with van der Waals surface area (Å²) >= 11 is 0. The van der Waals surface area contributed by atoms with Gasteiger partial charge in [0.25, 0.3) is 0 Å². The molecule has 2 rings (SSSR count). The predicted molar refractivity (Wildman–Crippen MR) is 109 cm³/mol. The molecule has 1 aliphatic rings. The van der Waals surface area contributed by atoms with Crippen LogP contribution < -0.4 is 0 Å². The number of carbonyl (C=O) groups is 2. The van der Waals surface area contributed by atoms with Gasteiger partial charge < -0.3 is 0 Å². The van der Waals surface area contributed by atoms with Crippen molar-refractivity contribution in [3.05, 3.63) is 58.2 Å². The number of hydrogen-bond donors (Lipinski definition) is 0. The molecule has 0 saturated heterocycles. The molecule has 26 heavy (non-hydrogen) atoms. The molecular formula is C24H32O2. The molecule has 0 aromatic heterocycles. The zero-order valence-corrected chi connectivity index (χ0v) is 17.1. The fourth-order valence-corrected chi connectivity index (χ4v) is 3.43. The number of hydrogen-bond acceptors (Lipinski definition) is 2. The van der Waals surface area contributed by atoms with Crippen molar-refractivity contribution in [3.63, 3.8) is 0 Å². The van der Waals surface area contributed by atoms with Gasteiger partial charge in [-0.15, -0.1) is 0 Å². The van der Waals surface area contributed by atoms with Crippen LogP contribution in [0.1, 0.15) is 87.9 Å². The third-order valence-corrected chi connectivity index (χ3v) is 5.45. The highest BCUT2D eigenvalue weighted by molar-refractivity contribution is 6.26. The van der Waals surface area contributed by atoms with E-state index >= 15 is 0 Å². The molecule has 1 aliphatic carbocycles. The van der Waals surface area contributed by atoms with E-state index in [1.807, 2.05) is 12.1 Å². The fraction of sp³-hybridized carbons (Fsp3) is 0.500. The van der Waals surface area contributed by atoms with Crippen LogP contribution in [0.15, 0.2) is 47.1 Å². The number of rotatable bonds is 6. The Bertz CT molecular complexity index is 757. The largest absolute Gasteiger partial charge is 0.289 e. The van der Waals surface area contributed by atoms with Gasteiger partial charge in [0, 0.05) is 22.3 Å². The van der Waals surface area contributed by atoms with Crippen LogP contribution in [0.3, 0.4) is 0 Å². The van der Waals surface area contributed by atoms with E-state index in [-0.39, 0.29) is 11.6 Å². The highest BCUT2D eigenvalue weighted by Gasteiger charge is 2.28. The maximum atomic E-state index is 12.8. The van der Waals surface area contributed by atoms with Crippen molar-refractivity contribution >= 4 is 11.6 Å². The van der Waals surface area contributed by atoms with Gasteiger partial charge in [0.2, 0.25) is 0 Å². The summed E-state index contributed by atoms with van der Waals surface area (Å²) in [6.45, 7) is 13.0. The highest BCUT2D eigenvalue weighted by atomic mass is 16.1. The molecule has 0 heterocycles. The van der Waals surface area contributed by atoms with E-state index < -0.39 is 0 Å². The Morgan fingerprint density at radius 2 is 1.65 bits per heavy atom. The molecule has 140 valence electrons. The Hall–Kier alpha value is -1.96. The van der Waals surface area contributed by atoms with E-state index in [9.17, 15) is 9.59 Å². The van der Waals surface area contributed by atoms with E-state index in [2.05, 4.69) is 40.7 Å². The van der Waals surface area contributed by atoms with E-state index in [1.54, 1.807) is 19.1 Å². The molecule has 0 aliphatic heterocycles. The van der Waals surface area contributed by atoms with Crippen molar-refractivity contribution < 1.29 is 9.59 Å². The van der Waals surface area contributed by atoms with Crippen molar-refractivity contribution in [2.24, 2.45) is 11.3 Å². The van der Waals surface area contributed by atoms with E-state index in [0.29, 0.717) is 40.0 Å². The van der Waals surface area contributed by atoms with Gasteiger partial charge in [0.15, 0.2) is 11.6 Å². The monoisotopic (exact) mass is 352 g/mol. The molecular weight excluding hydrogens is 320 g/mol. The third kappa shape index (κ3) is 4.81. The lowest BCUT2D eigenvalue weighted by molar-refractivity contribution is 0.0973. The van der Waals surface area contributed by atoms with Gasteiger partial charge in [0.1, 0.15) is 0 Å². The lowest BCUT2D eigenvalue weighted by atomic mass is 9.82. The Kier molecular flexibility index (Phi) is 6.39. The van der Waals surface area contributed by atoms with Crippen LogP contribution in [0.2, 0.25) is 0 Å². The van der Waals surface area contributed by atoms with Crippen molar-refractivity contribution in [1.82, 2.24) is 0 Å². The third-order valence-electron chi connectivity index (χ3n) is 5.45. The van der Waals surface area contributed by atoms with Crippen molar-refractivity contribution in [2.75, 3.05) is 0 Å². The average Bonchev–Trinajstić information content (AvgIpc) is 2.58. The number of benzene rings is 1. The average molecular weight is 353 g/mol. The van der Waals surface area contributed by atoms with Gasteiger partial charge in [-0.05, 0) is 44.4 Å². The molecule has 2 nitrogen and oxygen atoms in total. The van der Waals surface area contributed by atoms with Crippen LogP contribution in [0.25, 0.3) is 0 Å². The summed E-state index contributed by atoms with van der Waals surface area (Å²) in [6, 6.07) is 7.13. The Morgan fingerprint density at radius 1 is 1.08 bits per heavy atom. The van der Waals surface area contributed by atoms with Crippen molar-refractivity contribution in [3.8, 4) is 0 Å². The van der Waals surface area contributed by atoms with E-state index in [4.69, 9.17) is 0 Å². The number of carbonyl (C=O) groups excluding carboxylic acids is 2. The molecule has 0 spiro atoms. The molecule has 0 saturated carbocycles. The van der Waals surface area contributed by atoms with Crippen LogP contribution in [-0.4, -0.2) is 11.6 Å². The van der Waals surface area contributed by atoms with E-state index in [1.165, 1.54) is 18.4 Å². The zero-order chi connectivity index (χ0) is 19.5. The number of Topliss-reactive ketones (excluding diaryl/α,β-unsaturated/α-hetero) is 2. The van der Waals surface area contributed by atoms with Gasteiger partial charge in [-0.1, -0.05) is 70.0 Å². The molecule has 1 atom stereocenters. The van der Waals surface area contributed by atoms with Gasteiger partial charge in [-0.25, -0.2) is 0 Å². The minimum absolute atomic E-state index is 0.00198. The Morgan fingerprint density at radius 3 is 2.23 bits per heavy atom. The molecule has 0 fully saturated rings. The molecule has 0 amide bonds. The Balaban J connectivity index is 2.08. The van der Waals surface area contributed by atoms with Crippen molar-refractivity contribution in [1.29, 1.82) is 0 Å². The van der Waals surface area contributed by atoms with Gasteiger partial charge in [0.05, 0.1) is 0 Å². The second-order valence-corrected chi connectivity index (χ2v) is 8.81. The predicted octanol–water partition coefficient (Wildman–Crippen LogP) is 6.57. The minimum Gasteiger partial charge on any atom is -0.289 e. The first-order valence-corrected chi connectivity index (χ1v) is 9.66. The Labute approximate surface area is 158 Å². The lowest BCUT2D eigenvalue weighted by Crippen LogP contribution is -2.20. The van der Waals surface area contributed by atoms with E-state index in [0.717, 1.165) is 6.42 Å². The fourth-order valence-electron chi connectivity index (χ4n) is 3.43. The quantitative estimate of drug-likeness (QED) is 0.542. The highest BCUT2D eigenvalue weighted by Crippen LogP contribution is 2.30. The van der Waals surface area contributed by atoms with Crippen LogP contribution in [0.5, 0.6) is 0 Å². The summed E-state index contributed by atoms with van der Waals surface area (Å²) < 4.78 is 0. The molecule has 0 N–H and O–H groups in total. The smallest absolute Gasteiger partial charge is 0.190 e. The number of ketones is 2. The summed E-state index contributed by atoms with van der Waals surface area (Å²) in [5, 5.41) is 0. The minimum atomic E-state index is -0.0144. The van der Waals surface area contributed by atoms with Crippen LogP contribution >= 0.6 is 0 Å². The topological polar surface area (TPSA) is 34.1 Å². The number of allylic oxidation sites excluding steroid dienone is 4. The number of fused-ring (bicyclic) bond motifs is 1. The zero-order valence-electron chi connectivity index (χ0n) is 17.1. The summed E-state index contributed by atoms with van der Waals surface area (Å²) in [5.74, 6) is 0.488. The maximum absolute atomic E-state index is 12.8. The summed E-state index contributed by atoms with van der Waals surface area (Å²) in [5.41, 5.74) is 4.01. The summed E-state index contributed by atoms with van der Waals surface area (Å²) in [4.78, 5) is 25.4. The normalized spacial score (nSPS) is 16.8. The molecule has 1 aromatic carbocycles. The SMILES string of the molecule is CC1=C(C/C=C(\C)C(C)CCCC(C)(C)C)C(=O)c2ccccc2C1=O.